The normalized spacial score (nSPS) is 13.9. The van der Waals surface area contributed by atoms with Gasteiger partial charge in [-0.1, -0.05) is 33.1 Å². The summed E-state index contributed by atoms with van der Waals surface area (Å²) >= 11 is 0. The predicted molar refractivity (Wildman–Crippen MR) is 67.8 cm³/mol. The van der Waals surface area contributed by atoms with Gasteiger partial charge in [-0.05, 0) is 12.3 Å². The van der Waals surface area contributed by atoms with Gasteiger partial charge in [-0.15, -0.1) is 0 Å². The Bertz CT molecular complexity index is 161. The van der Waals surface area contributed by atoms with Crippen LogP contribution >= 0.6 is 0 Å². The molecule has 0 aliphatic heterocycles. The van der Waals surface area contributed by atoms with E-state index in [4.69, 9.17) is 20.1 Å². The Hall–Kier alpha value is -0.160. The van der Waals surface area contributed by atoms with Gasteiger partial charge in [0.25, 0.3) is 0 Å². The summed E-state index contributed by atoms with van der Waals surface area (Å²) in [7, 11) is 0. The number of aliphatic hydroxyl groups excluding tert-OH is 3. The fraction of sp³-hybridized carbons (Fsp3) is 1.00. The molecule has 0 amide bonds. The summed E-state index contributed by atoms with van der Waals surface area (Å²) in [6, 6.07) is 0. The van der Waals surface area contributed by atoms with Crippen LogP contribution < -0.4 is 0 Å². The van der Waals surface area contributed by atoms with Crippen LogP contribution in [0, 0.1) is 11.3 Å². The molecule has 0 saturated heterocycles. The summed E-state index contributed by atoms with van der Waals surface area (Å²) in [4.78, 5) is 0. The zero-order valence-electron chi connectivity index (χ0n) is 11.2. The van der Waals surface area contributed by atoms with E-state index in [1.54, 1.807) is 0 Å². The topological polar surface area (TPSA) is 69.9 Å². The molecule has 0 saturated carbocycles. The maximum absolute atomic E-state index is 9.14. The van der Waals surface area contributed by atoms with Crippen molar-refractivity contribution in [3.8, 4) is 0 Å². The van der Waals surface area contributed by atoms with Gasteiger partial charge in [0.1, 0.15) is 0 Å². The van der Waals surface area contributed by atoms with Crippen molar-refractivity contribution in [1.29, 1.82) is 0 Å². The highest BCUT2D eigenvalue weighted by atomic mass is 16.5. The largest absolute Gasteiger partial charge is 0.396 e. The Labute approximate surface area is 105 Å². The van der Waals surface area contributed by atoms with Crippen LogP contribution in [0.3, 0.4) is 0 Å². The molecule has 0 rings (SSSR count). The van der Waals surface area contributed by atoms with E-state index in [0.29, 0.717) is 12.5 Å². The van der Waals surface area contributed by atoms with Gasteiger partial charge in [-0.25, -0.2) is 0 Å². The standard InChI is InChI=1S/C13H28O4/c1-3-5-6-12(4-2)7-17-11-13(8-14,9-15)10-16/h12,14-16H,3-11H2,1-2H3. The van der Waals surface area contributed by atoms with Gasteiger partial charge < -0.3 is 20.1 Å². The lowest BCUT2D eigenvalue weighted by molar-refractivity contribution is -0.0645. The molecule has 0 fully saturated rings. The predicted octanol–water partition coefficient (Wildman–Crippen LogP) is 1.18. The third-order valence-corrected chi connectivity index (χ3v) is 3.31. The Morgan fingerprint density at radius 1 is 1.06 bits per heavy atom. The second kappa shape index (κ2) is 9.83. The smallest absolute Gasteiger partial charge is 0.0629 e. The van der Waals surface area contributed by atoms with Crippen LogP contribution in [0.15, 0.2) is 0 Å². The lowest BCUT2D eigenvalue weighted by Crippen LogP contribution is -2.39. The molecule has 4 heteroatoms. The summed E-state index contributed by atoms with van der Waals surface area (Å²) < 4.78 is 5.54. The van der Waals surface area contributed by atoms with Gasteiger partial charge in [-0.2, -0.15) is 0 Å². The lowest BCUT2D eigenvalue weighted by Gasteiger charge is -2.27. The molecular weight excluding hydrogens is 220 g/mol. The van der Waals surface area contributed by atoms with Crippen molar-refractivity contribution in [3.63, 3.8) is 0 Å². The molecule has 0 aliphatic rings. The zero-order valence-corrected chi connectivity index (χ0v) is 11.2. The molecule has 0 aromatic carbocycles. The van der Waals surface area contributed by atoms with Crippen molar-refractivity contribution >= 4 is 0 Å². The number of hydrogen-bond donors (Lipinski definition) is 3. The Morgan fingerprint density at radius 3 is 2.06 bits per heavy atom. The van der Waals surface area contributed by atoms with Crippen LogP contribution in [0.4, 0.5) is 0 Å². The van der Waals surface area contributed by atoms with Crippen LogP contribution in [0.5, 0.6) is 0 Å². The highest BCUT2D eigenvalue weighted by molar-refractivity contribution is 4.76. The molecule has 0 heterocycles. The van der Waals surface area contributed by atoms with Gasteiger partial charge in [0, 0.05) is 6.61 Å². The number of ether oxygens (including phenoxy) is 1. The van der Waals surface area contributed by atoms with Crippen molar-refractivity contribution in [3.05, 3.63) is 0 Å². The minimum absolute atomic E-state index is 0.207. The van der Waals surface area contributed by atoms with E-state index in [-0.39, 0.29) is 26.4 Å². The highest BCUT2D eigenvalue weighted by Crippen LogP contribution is 2.18. The van der Waals surface area contributed by atoms with Crippen LogP contribution in [-0.2, 0) is 4.74 Å². The average molecular weight is 248 g/mol. The molecule has 0 bridgehead atoms. The van der Waals surface area contributed by atoms with Gasteiger partial charge >= 0.3 is 0 Å². The van der Waals surface area contributed by atoms with E-state index in [1.807, 2.05) is 0 Å². The quantitative estimate of drug-likeness (QED) is 0.513. The first-order valence-electron chi connectivity index (χ1n) is 6.58. The summed E-state index contributed by atoms with van der Waals surface area (Å²) in [5, 5.41) is 27.4. The molecule has 104 valence electrons. The van der Waals surface area contributed by atoms with Gasteiger partial charge in [0.15, 0.2) is 0 Å². The third-order valence-electron chi connectivity index (χ3n) is 3.31. The monoisotopic (exact) mass is 248 g/mol. The average Bonchev–Trinajstić information content (AvgIpc) is 2.39. The molecule has 1 unspecified atom stereocenters. The second-order valence-electron chi connectivity index (χ2n) is 4.91. The van der Waals surface area contributed by atoms with Crippen molar-refractivity contribution in [1.82, 2.24) is 0 Å². The molecular formula is C13H28O4. The number of rotatable bonds is 11. The van der Waals surface area contributed by atoms with E-state index in [0.717, 1.165) is 12.8 Å². The summed E-state index contributed by atoms with van der Waals surface area (Å²) in [6.45, 7) is 4.38. The number of aliphatic hydroxyl groups is 3. The third kappa shape index (κ3) is 6.36. The van der Waals surface area contributed by atoms with Crippen LogP contribution in [-0.4, -0.2) is 48.4 Å². The first-order valence-corrected chi connectivity index (χ1v) is 6.58. The van der Waals surface area contributed by atoms with E-state index in [1.165, 1.54) is 12.8 Å². The lowest BCUT2D eigenvalue weighted by atomic mass is 9.92. The molecule has 0 aromatic heterocycles. The minimum Gasteiger partial charge on any atom is -0.396 e. The SMILES string of the molecule is CCCCC(CC)COCC(CO)(CO)CO. The summed E-state index contributed by atoms with van der Waals surface area (Å²) in [5.41, 5.74) is -0.900. The van der Waals surface area contributed by atoms with Crippen molar-refractivity contribution in [2.24, 2.45) is 11.3 Å². The minimum atomic E-state index is -0.900. The van der Waals surface area contributed by atoms with Crippen LogP contribution in [0.25, 0.3) is 0 Å². The van der Waals surface area contributed by atoms with Crippen LogP contribution in [0.1, 0.15) is 39.5 Å². The number of hydrogen-bond acceptors (Lipinski definition) is 4. The molecule has 0 radical (unpaired) electrons. The summed E-state index contributed by atoms with van der Waals surface area (Å²) in [6.07, 6.45) is 4.61. The molecule has 0 aliphatic carbocycles. The zero-order chi connectivity index (χ0) is 13.1. The fourth-order valence-electron chi connectivity index (χ4n) is 1.63. The highest BCUT2D eigenvalue weighted by Gasteiger charge is 2.28. The molecule has 4 nitrogen and oxygen atoms in total. The molecule has 0 spiro atoms. The van der Waals surface area contributed by atoms with E-state index in [2.05, 4.69) is 13.8 Å². The Balaban J connectivity index is 3.92. The molecule has 1 atom stereocenters. The van der Waals surface area contributed by atoms with Crippen molar-refractivity contribution in [2.75, 3.05) is 33.0 Å². The maximum Gasteiger partial charge on any atom is 0.0629 e. The molecule has 3 N–H and O–H groups in total. The van der Waals surface area contributed by atoms with E-state index >= 15 is 0 Å². The summed E-state index contributed by atoms with van der Waals surface area (Å²) in [5.74, 6) is 0.531. The van der Waals surface area contributed by atoms with E-state index < -0.39 is 5.41 Å². The van der Waals surface area contributed by atoms with Crippen LogP contribution in [0.2, 0.25) is 0 Å². The van der Waals surface area contributed by atoms with Gasteiger partial charge in [0.2, 0.25) is 0 Å². The Morgan fingerprint density at radius 2 is 1.65 bits per heavy atom. The molecule has 17 heavy (non-hydrogen) atoms. The molecule has 0 aromatic rings. The first kappa shape index (κ1) is 16.8. The Kier molecular flexibility index (Phi) is 9.74. The van der Waals surface area contributed by atoms with E-state index in [9.17, 15) is 0 Å². The van der Waals surface area contributed by atoms with Gasteiger partial charge in [-0.3, -0.25) is 0 Å². The first-order chi connectivity index (χ1) is 8.17. The number of unbranched alkanes of at least 4 members (excludes halogenated alkanes) is 1. The van der Waals surface area contributed by atoms with Gasteiger partial charge in [0.05, 0.1) is 31.8 Å². The van der Waals surface area contributed by atoms with Crippen molar-refractivity contribution < 1.29 is 20.1 Å². The second-order valence-corrected chi connectivity index (χ2v) is 4.91. The fourth-order valence-corrected chi connectivity index (χ4v) is 1.63. The maximum atomic E-state index is 9.14. The van der Waals surface area contributed by atoms with Crippen molar-refractivity contribution in [2.45, 2.75) is 39.5 Å².